The van der Waals surface area contributed by atoms with Crippen molar-refractivity contribution in [1.82, 2.24) is 0 Å². The van der Waals surface area contributed by atoms with Crippen molar-refractivity contribution in [1.29, 1.82) is 0 Å². The van der Waals surface area contributed by atoms with Gasteiger partial charge in [-0.1, -0.05) is 23.2 Å². The second-order valence-corrected chi connectivity index (χ2v) is 5.87. The minimum absolute atomic E-state index is 0.0731. The molecule has 1 aliphatic rings. The summed E-state index contributed by atoms with van der Waals surface area (Å²) in [4.78, 5) is 12.5. The molecule has 0 aromatic heterocycles. The van der Waals surface area contributed by atoms with Gasteiger partial charge >= 0.3 is 0 Å². The summed E-state index contributed by atoms with van der Waals surface area (Å²) in [6, 6.07) is 3.41. The van der Waals surface area contributed by atoms with Crippen LogP contribution < -0.4 is 4.90 Å². The van der Waals surface area contributed by atoms with Crippen molar-refractivity contribution in [3.63, 3.8) is 0 Å². The first kappa shape index (κ1) is 14.4. The van der Waals surface area contributed by atoms with Crippen molar-refractivity contribution in [3.05, 3.63) is 32.3 Å². The lowest BCUT2D eigenvalue weighted by molar-refractivity contribution is -0.384. The maximum atomic E-state index is 10.8. The van der Waals surface area contributed by atoms with E-state index in [2.05, 4.69) is 18.7 Å². The Hall–Kier alpha value is -1.00. The van der Waals surface area contributed by atoms with Gasteiger partial charge in [-0.15, -0.1) is 0 Å². The third-order valence-electron chi connectivity index (χ3n) is 3.66. The van der Waals surface area contributed by atoms with Crippen LogP contribution in [-0.4, -0.2) is 17.0 Å². The monoisotopic (exact) mass is 302 g/mol. The SMILES string of the molecule is C[C@@H]1CCC[C@H](C)N1c1c(Cl)cc([N+](=O)[O-])cc1Cl. The van der Waals surface area contributed by atoms with Crippen LogP contribution in [0.1, 0.15) is 33.1 Å². The first-order valence-electron chi connectivity index (χ1n) is 6.33. The standard InChI is InChI=1S/C13H16Cl2N2O2/c1-8-4-3-5-9(2)16(8)13-11(14)6-10(17(18)19)7-12(13)15/h6-9H,3-5H2,1-2H3/t8-,9+. The molecule has 1 heterocycles. The topological polar surface area (TPSA) is 46.4 Å². The van der Waals surface area contributed by atoms with Crippen molar-refractivity contribution in [2.75, 3.05) is 4.90 Å². The average Bonchev–Trinajstić information content (AvgIpc) is 2.31. The molecule has 1 aromatic rings. The summed E-state index contributed by atoms with van der Waals surface area (Å²) in [7, 11) is 0. The smallest absolute Gasteiger partial charge is 0.272 e. The van der Waals surface area contributed by atoms with Crippen molar-refractivity contribution in [2.24, 2.45) is 0 Å². The molecule has 2 rings (SSSR count). The van der Waals surface area contributed by atoms with Gasteiger partial charge in [0.05, 0.1) is 20.7 Å². The molecule has 0 spiro atoms. The predicted molar refractivity (Wildman–Crippen MR) is 78.4 cm³/mol. The Morgan fingerprint density at radius 2 is 1.68 bits per heavy atom. The molecule has 6 heteroatoms. The van der Waals surface area contributed by atoms with Gasteiger partial charge in [0, 0.05) is 24.2 Å². The number of benzene rings is 1. The molecule has 0 aliphatic carbocycles. The third kappa shape index (κ3) is 2.79. The Bertz CT molecular complexity index is 474. The zero-order chi connectivity index (χ0) is 14.2. The number of nitro groups is 1. The minimum atomic E-state index is -0.482. The number of hydrogen-bond acceptors (Lipinski definition) is 3. The van der Waals surface area contributed by atoms with Gasteiger partial charge in [-0.05, 0) is 33.1 Å². The van der Waals surface area contributed by atoms with E-state index in [-0.39, 0.29) is 5.69 Å². The Labute approximate surface area is 122 Å². The normalized spacial score (nSPS) is 23.5. The molecule has 2 atom stereocenters. The summed E-state index contributed by atoms with van der Waals surface area (Å²) in [5.74, 6) is 0. The number of rotatable bonds is 2. The summed E-state index contributed by atoms with van der Waals surface area (Å²) >= 11 is 12.4. The fourth-order valence-electron chi connectivity index (χ4n) is 2.77. The summed E-state index contributed by atoms with van der Waals surface area (Å²) in [6.07, 6.45) is 3.34. The molecule has 0 radical (unpaired) electrons. The molecule has 0 bridgehead atoms. The van der Waals surface area contributed by atoms with Gasteiger partial charge in [-0.2, -0.15) is 0 Å². The van der Waals surface area contributed by atoms with E-state index < -0.39 is 4.92 Å². The third-order valence-corrected chi connectivity index (χ3v) is 4.24. The van der Waals surface area contributed by atoms with Gasteiger partial charge < -0.3 is 4.90 Å². The van der Waals surface area contributed by atoms with Crippen LogP contribution in [0.2, 0.25) is 10.0 Å². The molecule has 19 heavy (non-hydrogen) atoms. The quantitative estimate of drug-likeness (QED) is 0.589. The molecule has 0 N–H and O–H groups in total. The van der Waals surface area contributed by atoms with Crippen LogP contribution >= 0.6 is 23.2 Å². The highest BCUT2D eigenvalue weighted by atomic mass is 35.5. The fourth-order valence-corrected chi connectivity index (χ4v) is 3.44. The summed E-state index contributed by atoms with van der Waals surface area (Å²) in [5.41, 5.74) is 0.643. The number of non-ortho nitro benzene ring substituents is 1. The average molecular weight is 303 g/mol. The summed E-state index contributed by atoms with van der Waals surface area (Å²) in [5, 5.41) is 11.5. The first-order valence-corrected chi connectivity index (χ1v) is 7.09. The molecule has 0 amide bonds. The van der Waals surface area contributed by atoms with E-state index in [1.807, 2.05) is 0 Å². The zero-order valence-electron chi connectivity index (χ0n) is 10.9. The molecule has 0 saturated carbocycles. The number of piperidine rings is 1. The summed E-state index contributed by atoms with van der Waals surface area (Å²) < 4.78 is 0. The van der Waals surface area contributed by atoms with Gasteiger partial charge in [0.2, 0.25) is 0 Å². The van der Waals surface area contributed by atoms with E-state index in [0.717, 1.165) is 12.8 Å². The predicted octanol–water partition coefficient (Wildman–Crippen LogP) is 4.67. The Morgan fingerprint density at radius 3 is 2.11 bits per heavy atom. The maximum Gasteiger partial charge on any atom is 0.272 e. The van der Waals surface area contributed by atoms with Crippen LogP contribution in [0.4, 0.5) is 11.4 Å². The molecule has 1 aliphatic heterocycles. The molecule has 1 fully saturated rings. The van der Waals surface area contributed by atoms with Gasteiger partial charge in [0.25, 0.3) is 5.69 Å². The minimum Gasteiger partial charge on any atom is -0.364 e. The lowest BCUT2D eigenvalue weighted by Gasteiger charge is -2.41. The highest BCUT2D eigenvalue weighted by Gasteiger charge is 2.29. The largest absolute Gasteiger partial charge is 0.364 e. The Morgan fingerprint density at radius 1 is 1.21 bits per heavy atom. The second-order valence-electron chi connectivity index (χ2n) is 5.05. The highest BCUT2D eigenvalue weighted by Crippen LogP contribution is 2.41. The van der Waals surface area contributed by atoms with Crippen molar-refractivity contribution < 1.29 is 4.92 Å². The number of hydrogen-bond donors (Lipinski definition) is 0. The van der Waals surface area contributed by atoms with E-state index in [1.165, 1.54) is 18.6 Å². The van der Waals surface area contributed by atoms with Gasteiger partial charge in [-0.25, -0.2) is 0 Å². The van der Waals surface area contributed by atoms with Gasteiger partial charge in [0.1, 0.15) is 0 Å². The van der Waals surface area contributed by atoms with Crippen molar-refractivity contribution in [2.45, 2.75) is 45.2 Å². The summed E-state index contributed by atoms with van der Waals surface area (Å²) in [6.45, 7) is 4.26. The van der Waals surface area contributed by atoms with E-state index in [0.29, 0.717) is 27.8 Å². The van der Waals surface area contributed by atoms with Crippen LogP contribution in [0.15, 0.2) is 12.1 Å². The Kier molecular flexibility index (Phi) is 4.21. The van der Waals surface area contributed by atoms with E-state index in [9.17, 15) is 10.1 Å². The van der Waals surface area contributed by atoms with E-state index in [4.69, 9.17) is 23.2 Å². The molecule has 0 unspecified atom stereocenters. The lowest BCUT2D eigenvalue weighted by Crippen LogP contribution is -2.44. The van der Waals surface area contributed by atoms with Crippen molar-refractivity contribution in [3.8, 4) is 0 Å². The molecule has 1 aromatic carbocycles. The highest BCUT2D eigenvalue weighted by molar-refractivity contribution is 6.39. The number of halogens is 2. The molecular weight excluding hydrogens is 287 g/mol. The first-order chi connectivity index (χ1) is 8.91. The maximum absolute atomic E-state index is 10.8. The second kappa shape index (κ2) is 5.55. The van der Waals surface area contributed by atoms with E-state index in [1.54, 1.807) is 0 Å². The van der Waals surface area contributed by atoms with Gasteiger partial charge in [-0.3, -0.25) is 10.1 Å². The van der Waals surface area contributed by atoms with Crippen LogP contribution in [0.3, 0.4) is 0 Å². The molecule has 1 saturated heterocycles. The number of nitrogens with zero attached hydrogens (tertiary/aromatic N) is 2. The zero-order valence-corrected chi connectivity index (χ0v) is 12.4. The van der Waals surface area contributed by atoms with Crippen LogP contribution in [0.25, 0.3) is 0 Å². The van der Waals surface area contributed by atoms with E-state index >= 15 is 0 Å². The fraction of sp³-hybridized carbons (Fsp3) is 0.538. The molecule has 104 valence electrons. The van der Waals surface area contributed by atoms with Crippen LogP contribution in [-0.2, 0) is 0 Å². The number of anilines is 1. The van der Waals surface area contributed by atoms with Crippen LogP contribution in [0.5, 0.6) is 0 Å². The molecule has 4 nitrogen and oxygen atoms in total. The lowest BCUT2D eigenvalue weighted by atomic mass is 9.96. The van der Waals surface area contributed by atoms with Crippen molar-refractivity contribution >= 4 is 34.6 Å². The number of nitro benzene ring substituents is 1. The van der Waals surface area contributed by atoms with Crippen LogP contribution in [0, 0.1) is 10.1 Å². The van der Waals surface area contributed by atoms with Gasteiger partial charge in [0.15, 0.2) is 0 Å². The Balaban J connectivity index is 2.47. The molecular formula is C13H16Cl2N2O2.